The van der Waals surface area contributed by atoms with Crippen molar-refractivity contribution in [3.05, 3.63) is 58.6 Å². The van der Waals surface area contributed by atoms with Crippen LogP contribution in [0.15, 0.2) is 47.6 Å². The number of rotatable bonds is 3. The molecule has 0 radical (unpaired) electrons. The minimum absolute atomic E-state index is 0.148. The van der Waals surface area contributed by atoms with Crippen molar-refractivity contribution >= 4 is 17.3 Å². The Balaban J connectivity index is 1.79. The molecule has 0 amide bonds. The first-order valence-corrected chi connectivity index (χ1v) is 8.92. The molecule has 4 nitrogen and oxygen atoms in total. The van der Waals surface area contributed by atoms with Crippen molar-refractivity contribution in [2.24, 2.45) is 5.10 Å². The molecule has 0 bridgehead atoms. The van der Waals surface area contributed by atoms with E-state index in [1.54, 1.807) is 7.11 Å². The number of hydrazone groups is 1. The minimum atomic E-state index is -0.500. The third-order valence-electron chi connectivity index (χ3n) is 5.14. The van der Waals surface area contributed by atoms with Gasteiger partial charge in [0.25, 0.3) is 0 Å². The Morgan fingerprint density at radius 2 is 2.04 bits per heavy atom. The number of fused-ring (bicyclic) bond motifs is 3. The minimum Gasteiger partial charge on any atom is -0.493 e. The third kappa shape index (κ3) is 2.56. The molecule has 0 saturated heterocycles. The SMILES string of the molecule is CC[C@]1(C)Oc2c(OC)cccc2[C@@H]2CC(c3ccc(Cl)cc3)=NN21. The number of para-hydroxylation sites is 1. The highest BCUT2D eigenvalue weighted by Gasteiger charge is 2.47. The molecular weight excluding hydrogens is 336 g/mol. The topological polar surface area (TPSA) is 34.1 Å². The monoisotopic (exact) mass is 356 g/mol. The van der Waals surface area contributed by atoms with Gasteiger partial charge in [-0.1, -0.05) is 42.8 Å². The van der Waals surface area contributed by atoms with Gasteiger partial charge in [0.1, 0.15) is 0 Å². The van der Waals surface area contributed by atoms with Gasteiger partial charge in [-0.3, -0.25) is 0 Å². The van der Waals surface area contributed by atoms with E-state index in [-0.39, 0.29) is 6.04 Å². The van der Waals surface area contributed by atoms with Crippen LogP contribution in [-0.2, 0) is 0 Å². The molecule has 4 rings (SSSR count). The second-order valence-electron chi connectivity index (χ2n) is 6.63. The molecule has 0 spiro atoms. The molecule has 2 aliphatic heterocycles. The number of hydrogen-bond donors (Lipinski definition) is 0. The zero-order chi connectivity index (χ0) is 17.6. The van der Waals surface area contributed by atoms with Crippen molar-refractivity contribution in [3.63, 3.8) is 0 Å². The van der Waals surface area contributed by atoms with Crippen LogP contribution in [0.25, 0.3) is 0 Å². The van der Waals surface area contributed by atoms with Gasteiger partial charge < -0.3 is 9.47 Å². The molecule has 2 atom stereocenters. The first-order valence-electron chi connectivity index (χ1n) is 8.54. The zero-order valence-corrected chi connectivity index (χ0v) is 15.4. The molecule has 0 aromatic heterocycles. The summed E-state index contributed by atoms with van der Waals surface area (Å²) in [5, 5.41) is 7.77. The summed E-state index contributed by atoms with van der Waals surface area (Å²) in [6.07, 6.45) is 1.65. The van der Waals surface area contributed by atoms with E-state index in [2.05, 4.69) is 24.9 Å². The summed E-state index contributed by atoms with van der Waals surface area (Å²) in [4.78, 5) is 0. The molecule has 0 fully saturated rings. The van der Waals surface area contributed by atoms with Crippen molar-refractivity contribution in [3.8, 4) is 11.5 Å². The highest BCUT2D eigenvalue weighted by atomic mass is 35.5. The van der Waals surface area contributed by atoms with Gasteiger partial charge in [-0.05, 0) is 30.7 Å². The van der Waals surface area contributed by atoms with E-state index in [1.807, 2.05) is 36.4 Å². The van der Waals surface area contributed by atoms with Crippen LogP contribution in [0.1, 0.15) is 43.9 Å². The molecule has 2 heterocycles. The van der Waals surface area contributed by atoms with Gasteiger partial charge in [0.05, 0.1) is 18.9 Å². The van der Waals surface area contributed by atoms with Crippen LogP contribution < -0.4 is 9.47 Å². The Hall–Kier alpha value is -2.20. The summed E-state index contributed by atoms with van der Waals surface area (Å²) in [5.74, 6) is 1.61. The van der Waals surface area contributed by atoms with Crippen LogP contribution in [0.2, 0.25) is 5.02 Å². The van der Waals surface area contributed by atoms with Crippen LogP contribution in [0, 0.1) is 0 Å². The molecule has 2 aromatic rings. The maximum atomic E-state index is 6.38. The Bertz CT molecular complexity index is 834. The summed E-state index contributed by atoms with van der Waals surface area (Å²) < 4.78 is 11.9. The number of ether oxygens (including phenoxy) is 2. The molecule has 0 aliphatic carbocycles. The molecule has 0 N–H and O–H groups in total. The maximum absolute atomic E-state index is 6.38. The first-order chi connectivity index (χ1) is 12.1. The summed E-state index contributed by atoms with van der Waals surface area (Å²) in [6, 6.07) is 14.1. The van der Waals surface area contributed by atoms with Crippen molar-refractivity contribution in [1.29, 1.82) is 0 Å². The normalized spacial score (nSPS) is 24.2. The van der Waals surface area contributed by atoms with Crippen molar-refractivity contribution in [2.75, 3.05) is 7.11 Å². The fourth-order valence-electron chi connectivity index (χ4n) is 3.57. The largest absolute Gasteiger partial charge is 0.493 e. The lowest BCUT2D eigenvalue weighted by molar-refractivity contribution is -0.109. The van der Waals surface area contributed by atoms with E-state index < -0.39 is 5.72 Å². The molecule has 2 aliphatic rings. The first kappa shape index (κ1) is 16.3. The van der Waals surface area contributed by atoms with Crippen LogP contribution in [0.5, 0.6) is 11.5 Å². The number of nitrogens with zero attached hydrogens (tertiary/aromatic N) is 2. The second-order valence-corrected chi connectivity index (χ2v) is 7.06. The van der Waals surface area contributed by atoms with E-state index in [4.69, 9.17) is 26.2 Å². The Morgan fingerprint density at radius 1 is 1.28 bits per heavy atom. The molecule has 130 valence electrons. The highest BCUT2D eigenvalue weighted by molar-refractivity contribution is 6.30. The summed E-state index contributed by atoms with van der Waals surface area (Å²) in [7, 11) is 1.68. The third-order valence-corrected chi connectivity index (χ3v) is 5.39. The van der Waals surface area contributed by atoms with E-state index in [1.165, 1.54) is 0 Å². The molecule has 0 saturated carbocycles. The Kier molecular flexibility index (Phi) is 3.88. The average Bonchev–Trinajstić information content (AvgIpc) is 3.09. The van der Waals surface area contributed by atoms with Gasteiger partial charge in [-0.25, -0.2) is 5.01 Å². The average molecular weight is 357 g/mol. The second kappa shape index (κ2) is 5.95. The fraction of sp³-hybridized carbons (Fsp3) is 0.350. The lowest BCUT2D eigenvalue weighted by atomic mass is 9.94. The van der Waals surface area contributed by atoms with Gasteiger partial charge in [-0.15, -0.1) is 0 Å². The smallest absolute Gasteiger partial charge is 0.195 e. The van der Waals surface area contributed by atoms with E-state index >= 15 is 0 Å². The van der Waals surface area contributed by atoms with Gasteiger partial charge >= 0.3 is 0 Å². The van der Waals surface area contributed by atoms with Gasteiger partial charge in [0.15, 0.2) is 17.2 Å². The molecule has 0 unspecified atom stereocenters. The number of halogens is 1. The van der Waals surface area contributed by atoms with E-state index in [0.29, 0.717) is 0 Å². The van der Waals surface area contributed by atoms with Crippen molar-refractivity contribution < 1.29 is 9.47 Å². The van der Waals surface area contributed by atoms with Crippen LogP contribution >= 0.6 is 11.6 Å². The van der Waals surface area contributed by atoms with Crippen molar-refractivity contribution in [2.45, 2.75) is 38.5 Å². The quantitative estimate of drug-likeness (QED) is 0.774. The van der Waals surface area contributed by atoms with Crippen molar-refractivity contribution in [1.82, 2.24) is 5.01 Å². The van der Waals surface area contributed by atoms with Gasteiger partial charge in [0.2, 0.25) is 0 Å². The maximum Gasteiger partial charge on any atom is 0.195 e. The fourth-order valence-corrected chi connectivity index (χ4v) is 3.70. The molecule has 5 heteroatoms. The Morgan fingerprint density at radius 3 is 2.72 bits per heavy atom. The van der Waals surface area contributed by atoms with Gasteiger partial charge in [0, 0.05) is 23.4 Å². The number of benzene rings is 2. The van der Waals surface area contributed by atoms with Crippen LogP contribution in [-0.4, -0.2) is 23.6 Å². The number of methoxy groups -OCH3 is 1. The highest BCUT2D eigenvalue weighted by Crippen LogP contribution is 2.50. The Labute approximate surface area is 153 Å². The molecule has 25 heavy (non-hydrogen) atoms. The molecule has 2 aromatic carbocycles. The lowest BCUT2D eigenvalue weighted by Crippen LogP contribution is -2.50. The van der Waals surface area contributed by atoms with Crippen LogP contribution in [0.3, 0.4) is 0 Å². The summed E-state index contributed by atoms with van der Waals surface area (Å²) >= 11 is 6.02. The predicted octanol–water partition coefficient (Wildman–Crippen LogP) is 5.02. The predicted molar refractivity (Wildman–Crippen MR) is 99.5 cm³/mol. The summed E-state index contributed by atoms with van der Waals surface area (Å²) in [5.41, 5.74) is 2.78. The summed E-state index contributed by atoms with van der Waals surface area (Å²) in [6.45, 7) is 4.21. The number of hydrogen-bond acceptors (Lipinski definition) is 4. The van der Waals surface area contributed by atoms with Gasteiger partial charge in [-0.2, -0.15) is 5.10 Å². The van der Waals surface area contributed by atoms with E-state index in [0.717, 1.165) is 46.2 Å². The van der Waals surface area contributed by atoms with Crippen LogP contribution in [0.4, 0.5) is 0 Å². The standard InChI is InChI=1S/C20H21ClN2O2/c1-4-20(2)23-17(15-6-5-7-18(24-3)19(15)25-20)12-16(22-23)13-8-10-14(21)11-9-13/h5-11,17H,4,12H2,1-3H3/t17-,20-/m0/s1. The lowest BCUT2D eigenvalue weighted by Gasteiger charge is -2.45. The zero-order valence-electron chi connectivity index (χ0n) is 14.6. The molecular formula is C20H21ClN2O2. The van der Waals surface area contributed by atoms with E-state index in [9.17, 15) is 0 Å².